The molecular weight excluding hydrogens is 361 g/mol. The van der Waals surface area contributed by atoms with E-state index in [4.69, 9.17) is 13.0 Å². The summed E-state index contributed by atoms with van der Waals surface area (Å²) in [5.74, 6) is -0.00818. The number of hydrogen-bond acceptors (Lipinski definition) is 5. The van der Waals surface area contributed by atoms with Crippen LogP contribution in [0.25, 0.3) is 11.2 Å². The van der Waals surface area contributed by atoms with Gasteiger partial charge in [0.05, 0.1) is 13.0 Å². The summed E-state index contributed by atoms with van der Waals surface area (Å²) in [7, 11) is 8.77. The first-order chi connectivity index (χ1) is 13.3. The molecule has 28 heavy (non-hydrogen) atoms. The highest BCUT2D eigenvalue weighted by Gasteiger charge is 2.20. The largest absolute Gasteiger partial charge is 0.395 e. The number of fused-ring (bicyclic) bond motifs is 1. The predicted octanol–water partition coefficient (Wildman–Crippen LogP) is -2.07. The molecule has 0 fully saturated rings. The zero-order valence-corrected chi connectivity index (χ0v) is 15.7. The van der Waals surface area contributed by atoms with Crippen molar-refractivity contribution in [1.82, 2.24) is 24.0 Å². The second-order valence-electron chi connectivity index (χ2n) is 6.49. The third kappa shape index (κ3) is 3.63. The number of nitrogens with one attached hydrogen (secondary N) is 1. The number of aromatic nitrogens is 4. The second kappa shape index (κ2) is 7.85. The molecule has 0 unspecified atom stereocenters. The van der Waals surface area contributed by atoms with E-state index >= 15 is 0 Å². The van der Waals surface area contributed by atoms with Gasteiger partial charge in [0.15, 0.2) is 11.2 Å². The zero-order valence-electron chi connectivity index (χ0n) is 15.7. The van der Waals surface area contributed by atoms with Gasteiger partial charge in [0.25, 0.3) is 5.56 Å². The molecule has 0 saturated heterocycles. The minimum Gasteiger partial charge on any atom is -0.395 e. The molecule has 3 rings (SSSR count). The molecule has 0 aliphatic rings. The standard InChI is InChI=1S/C18H20BN5O4/c1-22-16-15(17(27)23(2)18(22)28)24(10-11-4-3-5-12(19)8-11)13(21-16)9-14(26)20-6-7-25/h3-5,8,25H,6-7,9-10H2,1-2H3,(H,20,26). The van der Waals surface area contributed by atoms with Gasteiger partial charge in [0.2, 0.25) is 5.91 Å². The van der Waals surface area contributed by atoms with Crippen LogP contribution in [0.15, 0.2) is 33.9 Å². The molecule has 144 valence electrons. The number of aliphatic hydroxyl groups is 1. The summed E-state index contributed by atoms with van der Waals surface area (Å²) in [4.78, 5) is 41.6. The Hall–Kier alpha value is -3.14. The van der Waals surface area contributed by atoms with Gasteiger partial charge in [0.1, 0.15) is 13.7 Å². The molecule has 0 spiro atoms. The molecule has 2 heterocycles. The number of benzene rings is 1. The first kappa shape index (κ1) is 19.6. The van der Waals surface area contributed by atoms with Gasteiger partial charge in [-0.3, -0.25) is 18.7 Å². The minimum absolute atomic E-state index is 0.103. The number of imidazole rings is 1. The summed E-state index contributed by atoms with van der Waals surface area (Å²) in [6.07, 6.45) is -0.103. The number of amides is 1. The summed E-state index contributed by atoms with van der Waals surface area (Å²) >= 11 is 0. The maximum absolute atomic E-state index is 12.8. The highest BCUT2D eigenvalue weighted by molar-refractivity contribution is 6.32. The van der Waals surface area contributed by atoms with Crippen molar-refractivity contribution in [3.05, 3.63) is 56.5 Å². The van der Waals surface area contributed by atoms with Crippen LogP contribution in [0, 0.1) is 0 Å². The molecule has 3 aromatic rings. The van der Waals surface area contributed by atoms with Crippen LogP contribution in [0.4, 0.5) is 0 Å². The Morgan fingerprint density at radius 1 is 1.25 bits per heavy atom. The highest BCUT2D eigenvalue weighted by Crippen LogP contribution is 2.14. The predicted molar refractivity (Wildman–Crippen MR) is 105 cm³/mol. The van der Waals surface area contributed by atoms with Gasteiger partial charge in [-0.1, -0.05) is 29.7 Å². The summed E-state index contributed by atoms with van der Waals surface area (Å²) in [5.41, 5.74) is 0.856. The van der Waals surface area contributed by atoms with Crippen molar-refractivity contribution in [2.75, 3.05) is 13.2 Å². The maximum atomic E-state index is 12.8. The Morgan fingerprint density at radius 3 is 2.68 bits per heavy atom. The number of carbonyl (C=O) groups is 1. The fraction of sp³-hybridized carbons (Fsp3) is 0.333. The summed E-state index contributed by atoms with van der Waals surface area (Å²) in [6, 6.07) is 7.17. The Labute approximate surface area is 161 Å². The molecular formula is C18H20BN5O4. The summed E-state index contributed by atoms with van der Waals surface area (Å²) < 4.78 is 3.92. The number of carbonyl (C=O) groups excluding carboxylic acids is 1. The summed E-state index contributed by atoms with van der Waals surface area (Å²) in [5, 5.41) is 11.4. The number of rotatable bonds is 6. The average Bonchev–Trinajstić information content (AvgIpc) is 3.01. The molecule has 0 atom stereocenters. The smallest absolute Gasteiger partial charge is 0.332 e. The van der Waals surface area contributed by atoms with Crippen molar-refractivity contribution >= 4 is 30.4 Å². The van der Waals surface area contributed by atoms with E-state index in [0.717, 1.165) is 10.1 Å². The first-order valence-corrected chi connectivity index (χ1v) is 8.70. The Balaban J connectivity index is 2.19. The third-order valence-corrected chi connectivity index (χ3v) is 4.47. The lowest BCUT2D eigenvalue weighted by atomic mass is 9.94. The molecule has 0 aliphatic heterocycles. The lowest BCUT2D eigenvalue weighted by molar-refractivity contribution is -0.120. The molecule has 10 heteroatoms. The molecule has 1 aromatic carbocycles. The fourth-order valence-electron chi connectivity index (χ4n) is 3.07. The van der Waals surface area contributed by atoms with E-state index in [-0.39, 0.29) is 43.2 Å². The van der Waals surface area contributed by atoms with Gasteiger partial charge in [0, 0.05) is 27.2 Å². The fourth-order valence-corrected chi connectivity index (χ4v) is 3.07. The molecule has 0 aliphatic carbocycles. The average molecular weight is 381 g/mol. The molecule has 2 aromatic heterocycles. The van der Waals surface area contributed by atoms with Crippen LogP contribution in [0.1, 0.15) is 11.4 Å². The second-order valence-corrected chi connectivity index (χ2v) is 6.49. The van der Waals surface area contributed by atoms with Crippen molar-refractivity contribution in [1.29, 1.82) is 0 Å². The lowest BCUT2D eigenvalue weighted by Crippen LogP contribution is -2.37. The quantitative estimate of drug-likeness (QED) is 0.477. The van der Waals surface area contributed by atoms with Crippen LogP contribution in [0.2, 0.25) is 0 Å². The van der Waals surface area contributed by atoms with Crippen molar-refractivity contribution in [2.45, 2.75) is 13.0 Å². The highest BCUT2D eigenvalue weighted by atomic mass is 16.3. The number of hydrogen-bond donors (Lipinski definition) is 2. The van der Waals surface area contributed by atoms with Gasteiger partial charge in [-0.15, -0.1) is 0 Å². The van der Waals surface area contributed by atoms with Crippen LogP contribution in [0.3, 0.4) is 0 Å². The van der Waals surface area contributed by atoms with E-state index in [2.05, 4.69) is 10.3 Å². The van der Waals surface area contributed by atoms with E-state index in [1.165, 1.54) is 18.7 Å². The Bertz CT molecular complexity index is 1160. The lowest BCUT2D eigenvalue weighted by Gasteiger charge is -2.11. The Morgan fingerprint density at radius 2 is 2.00 bits per heavy atom. The van der Waals surface area contributed by atoms with Gasteiger partial charge in [-0.2, -0.15) is 0 Å². The van der Waals surface area contributed by atoms with Crippen molar-refractivity contribution in [3.8, 4) is 0 Å². The number of aryl methyl sites for hydroxylation is 1. The van der Waals surface area contributed by atoms with Gasteiger partial charge in [-0.25, -0.2) is 9.78 Å². The minimum atomic E-state index is -0.498. The topological polar surface area (TPSA) is 111 Å². The van der Waals surface area contributed by atoms with Crippen molar-refractivity contribution < 1.29 is 9.90 Å². The van der Waals surface area contributed by atoms with E-state index < -0.39 is 11.2 Å². The van der Waals surface area contributed by atoms with E-state index in [1.807, 2.05) is 6.07 Å². The van der Waals surface area contributed by atoms with Crippen molar-refractivity contribution in [2.24, 2.45) is 14.1 Å². The SMILES string of the molecule is [B]c1cccc(Cn2c(CC(=O)NCCO)nc3c2c(=O)n(C)c(=O)n3C)c1. The van der Waals surface area contributed by atoms with Gasteiger partial charge < -0.3 is 15.0 Å². The third-order valence-electron chi connectivity index (χ3n) is 4.47. The molecule has 0 bridgehead atoms. The maximum Gasteiger partial charge on any atom is 0.332 e. The van der Waals surface area contributed by atoms with E-state index in [1.54, 1.807) is 22.8 Å². The van der Waals surface area contributed by atoms with Crippen LogP contribution < -0.4 is 22.0 Å². The van der Waals surface area contributed by atoms with Crippen LogP contribution in [0.5, 0.6) is 0 Å². The van der Waals surface area contributed by atoms with E-state index in [0.29, 0.717) is 11.3 Å². The molecule has 0 saturated carbocycles. The summed E-state index contributed by atoms with van der Waals surface area (Å²) in [6.45, 7) is 0.201. The molecule has 1 amide bonds. The monoisotopic (exact) mass is 381 g/mol. The van der Waals surface area contributed by atoms with E-state index in [9.17, 15) is 14.4 Å². The van der Waals surface area contributed by atoms with Gasteiger partial charge in [-0.05, 0) is 5.56 Å². The normalized spacial score (nSPS) is 11.1. The molecule has 9 nitrogen and oxygen atoms in total. The number of nitrogens with zero attached hydrogens (tertiary/aromatic N) is 4. The molecule has 2 radical (unpaired) electrons. The van der Waals surface area contributed by atoms with Crippen LogP contribution in [-0.2, 0) is 31.9 Å². The first-order valence-electron chi connectivity index (χ1n) is 8.70. The van der Waals surface area contributed by atoms with Crippen LogP contribution >= 0.6 is 0 Å². The molecule has 2 N–H and O–H groups in total. The Kier molecular flexibility index (Phi) is 5.50. The number of aliphatic hydroxyl groups excluding tert-OH is 1. The van der Waals surface area contributed by atoms with Crippen molar-refractivity contribution in [3.63, 3.8) is 0 Å². The zero-order chi connectivity index (χ0) is 20.4. The van der Waals surface area contributed by atoms with Gasteiger partial charge >= 0.3 is 5.69 Å². The van der Waals surface area contributed by atoms with Crippen LogP contribution in [-0.4, -0.2) is 50.7 Å².